The van der Waals surface area contributed by atoms with Crippen LogP contribution in [-0.4, -0.2) is 50.3 Å². The van der Waals surface area contributed by atoms with E-state index >= 15 is 0 Å². The van der Waals surface area contributed by atoms with Gasteiger partial charge in [-0.15, -0.1) is 5.10 Å². The van der Waals surface area contributed by atoms with Crippen molar-refractivity contribution in [3.8, 4) is 0 Å². The Balaban J connectivity index is 1.72. The Hall–Kier alpha value is -2.90. The summed E-state index contributed by atoms with van der Waals surface area (Å²) in [6, 6.07) is 6.69. The van der Waals surface area contributed by atoms with E-state index in [9.17, 15) is 9.59 Å². The van der Waals surface area contributed by atoms with Crippen molar-refractivity contribution in [3.63, 3.8) is 0 Å². The van der Waals surface area contributed by atoms with Gasteiger partial charge in [0, 0.05) is 34.4 Å². The van der Waals surface area contributed by atoms with Gasteiger partial charge in [-0.05, 0) is 36.6 Å². The molecule has 0 radical (unpaired) electrons. The molecule has 7 nitrogen and oxygen atoms in total. The smallest absolute Gasteiger partial charge is 0.254 e. The highest BCUT2D eigenvalue weighted by atomic mass is 35.5. The second-order valence-electron chi connectivity index (χ2n) is 8.42. The Morgan fingerprint density at radius 1 is 1.21 bits per heavy atom. The van der Waals surface area contributed by atoms with Crippen molar-refractivity contribution in [2.75, 3.05) is 6.54 Å². The maximum Gasteiger partial charge on any atom is 0.254 e. The van der Waals surface area contributed by atoms with Crippen LogP contribution in [0.25, 0.3) is 0 Å². The molecule has 34 heavy (non-hydrogen) atoms. The van der Waals surface area contributed by atoms with E-state index in [-0.39, 0.29) is 17.9 Å². The fourth-order valence-electron chi connectivity index (χ4n) is 4.79. The van der Waals surface area contributed by atoms with Crippen LogP contribution in [0.15, 0.2) is 71.5 Å². The minimum atomic E-state index is -0.662. The number of hydrogen-bond acceptors (Lipinski definition) is 4. The Labute approximate surface area is 209 Å². The number of benzene rings is 1. The SMILES string of the molecule is C=C/C(Cl)=C\C=C(/Cl)[C@H]1[C@H](C(=O)NCCn2ccnn2)c2ccccc2C(=O)N1C1CCCC1. The summed E-state index contributed by atoms with van der Waals surface area (Å²) in [5, 5.41) is 11.5. The van der Waals surface area contributed by atoms with Gasteiger partial charge in [-0.1, -0.05) is 72.1 Å². The molecule has 1 fully saturated rings. The van der Waals surface area contributed by atoms with Crippen molar-refractivity contribution in [2.45, 2.75) is 50.2 Å². The molecule has 1 aromatic heterocycles. The second kappa shape index (κ2) is 11.0. The maximum absolute atomic E-state index is 13.7. The summed E-state index contributed by atoms with van der Waals surface area (Å²) in [6.07, 6.45) is 12.0. The molecule has 0 saturated heterocycles. The van der Waals surface area contributed by atoms with Crippen LogP contribution in [0.4, 0.5) is 0 Å². The van der Waals surface area contributed by atoms with Crippen LogP contribution in [0.3, 0.4) is 0 Å². The quantitative estimate of drug-likeness (QED) is 0.546. The largest absolute Gasteiger partial charge is 0.354 e. The highest BCUT2D eigenvalue weighted by Gasteiger charge is 2.47. The second-order valence-corrected chi connectivity index (χ2v) is 9.30. The van der Waals surface area contributed by atoms with Crippen LogP contribution in [0.2, 0.25) is 0 Å². The molecule has 1 aliphatic carbocycles. The maximum atomic E-state index is 13.7. The van der Waals surface area contributed by atoms with Gasteiger partial charge in [0.05, 0.1) is 24.7 Å². The van der Waals surface area contributed by atoms with Gasteiger partial charge in [-0.2, -0.15) is 0 Å². The number of carbonyl (C=O) groups excluding carboxylic acids is 2. The number of amides is 2. The van der Waals surface area contributed by atoms with Crippen molar-refractivity contribution < 1.29 is 9.59 Å². The highest BCUT2D eigenvalue weighted by molar-refractivity contribution is 6.32. The highest BCUT2D eigenvalue weighted by Crippen LogP contribution is 2.42. The van der Waals surface area contributed by atoms with E-state index in [2.05, 4.69) is 22.2 Å². The first kappa shape index (κ1) is 24.2. The number of allylic oxidation sites excluding steroid dienone is 4. The van der Waals surface area contributed by atoms with E-state index in [1.54, 1.807) is 35.3 Å². The molecular formula is C25H27Cl2N5O2. The van der Waals surface area contributed by atoms with E-state index in [1.165, 1.54) is 6.08 Å². The molecule has 0 spiro atoms. The van der Waals surface area contributed by atoms with Crippen LogP contribution < -0.4 is 5.32 Å². The van der Waals surface area contributed by atoms with Crippen LogP contribution in [0.1, 0.15) is 47.5 Å². The third-order valence-corrected chi connectivity index (χ3v) is 7.00. The molecule has 2 atom stereocenters. The number of halogens is 2. The van der Waals surface area contributed by atoms with E-state index in [0.29, 0.717) is 34.3 Å². The lowest BCUT2D eigenvalue weighted by molar-refractivity contribution is -0.123. The lowest BCUT2D eigenvalue weighted by atomic mass is 9.80. The Kier molecular flexibility index (Phi) is 7.85. The van der Waals surface area contributed by atoms with E-state index in [0.717, 1.165) is 25.7 Å². The molecular weight excluding hydrogens is 473 g/mol. The summed E-state index contributed by atoms with van der Waals surface area (Å²) in [6.45, 7) is 4.51. The average Bonchev–Trinajstić information content (AvgIpc) is 3.56. The zero-order valence-corrected chi connectivity index (χ0v) is 20.3. The van der Waals surface area contributed by atoms with Crippen LogP contribution in [0, 0.1) is 0 Å². The van der Waals surface area contributed by atoms with Gasteiger partial charge in [0.2, 0.25) is 5.91 Å². The minimum Gasteiger partial charge on any atom is -0.354 e. The third-order valence-electron chi connectivity index (χ3n) is 6.37. The first-order valence-corrected chi connectivity index (χ1v) is 12.2. The minimum absolute atomic E-state index is 0.0253. The Morgan fingerprint density at radius 3 is 2.68 bits per heavy atom. The monoisotopic (exact) mass is 499 g/mol. The number of carbonyl (C=O) groups is 2. The zero-order valence-electron chi connectivity index (χ0n) is 18.7. The summed E-state index contributed by atoms with van der Waals surface area (Å²) < 4.78 is 1.65. The van der Waals surface area contributed by atoms with Crippen molar-refractivity contribution in [2.24, 2.45) is 0 Å². The van der Waals surface area contributed by atoms with Gasteiger partial charge in [-0.25, -0.2) is 0 Å². The molecule has 2 heterocycles. The normalized spacial score (nSPS) is 21.5. The number of hydrogen-bond donors (Lipinski definition) is 1. The molecule has 1 saturated carbocycles. The molecule has 1 N–H and O–H groups in total. The number of rotatable bonds is 8. The first-order valence-electron chi connectivity index (χ1n) is 11.4. The predicted octanol–water partition coefficient (Wildman–Crippen LogP) is 4.38. The summed E-state index contributed by atoms with van der Waals surface area (Å²) in [5.74, 6) is -0.951. The van der Waals surface area contributed by atoms with E-state index < -0.39 is 12.0 Å². The molecule has 178 valence electrons. The molecule has 2 aliphatic rings. The third kappa shape index (κ3) is 5.10. The molecule has 1 aliphatic heterocycles. The first-order chi connectivity index (χ1) is 16.5. The van der Waals surface area contributed by atoms with Gasteiger partial charge in [-0.3, -0.25) is 14.3 Å². The number of nitrogens with zero attached hydrogens (tertiary/aromatic N) is 4. The van der Waals surface area contributed by atoms with Crippen molar-refractivity contribution in [1.82, 2.24) is 25.2 Å². The number of nitrogens with one attached hydrogen (secondary N) is 1. The summed E-state index contributed by atoms with van der Waals surface area (Å²) in [7, 11) is 0. The fraction of sp³-hybridized carbons (Fsp3) is 0.360. The average molecular weight is 500 g/mol. The van der Waals surface area contributed by atoms with Gasteiger partial charge in [0.25, 0.3) is 5.91 Å². The molecule has 2 amide bonds. The molecule has 9 heteroatoms. The van der Waals surface area contributed by atoms with Crippen molar-refractivity contribution in [3.05, 3.63) is 82.7 Å². The van der Waals surface area contributed by atoms with Gasteiger partial charge in [0.1, 0.15) is 0 Å². The lowest BCUT2D eigenvalue weighted by Crippen LogP contribution is -2.55. The molecule has 2 aromatic rings. The van der Waals surface area contributed by atoms with Gasteiger partial charge < -0.3 is 10.2 Å². The summed E-state index contributed by atoms with van der Waals surface area (Å²) in [5.41, 5.74) is 1.22. The van der Waals surface area contributed by atoms with Crippen molar-refractivity contribution in [1.29, 1.82) is 0 Å². The summed E-state index contributed by atoms with van der Waals surface area (Å²) >= 11 is 13.0. The van der Waals surface area contributed by atoms with Crippen LogP contribution in [-0.2, 0) is 11.3 Å². The molecule has 0 bridgehead atoms. The predicted molar refractivity (Wildman–Crippen MR) is 132 cm³/mol. The Bertz CT molecular complexity index is 1110. The van der Waals surface area contributed by atoms with Gasteiger partial charge in [0.15, 0.2) is 0 Å². The molecule has 1 aromatic carbocycles. The topological polar surface area (TPSA) is 80.1 Å². The Morgan fingerprint density at radius 2 is 1.97 bits per heavy atom. The van der Waals surface area contributed by atoms with Crippen molar-refractivity contribution >= 4 is 35.0 Å². The fourth-order valence-corrected chi connectivity index (χ4v) is 5.15. The van der Waals surface area contributed by atoms with E-state index in [1.807, 2.05) is 23.1 Å². The zero-order chi connectivity index (χ0) is 24.1. The van der Waals surface area contributed by atoms with E-state index in [4.69, 9.17) is 23.2 Å². The number of aromatic nitrogens is 3. The molecule has 0 unspecified atom stereocenters. The van der Waals surface area contributed by atoms with Crippen LogP contribution in [0.5, 0.6) is 0 Å². The lowest BCUT2D eigenvalue weighted by Gasteiger charge is -2.44. The summed E-state index contributed by atoms with van der Waals surface area (Å²) in [4.78, 5) is 29.1. The molecule has 4 rings (SSSR count). The number of fused-ring (bicyclic) bond motifs is 1. The van der Waals surface area contributed by atoms with Gasteiger partial charge >= 0.3 is 0 Å². The standard InChI is InChI=1S/C25H27Cl2N5O2/c1-2-17(26)11-12-21(27)23-22(24(33)28-13-15-31-16-14-29-30-31)19-9-5-6-10-20(19)25(34)32(23)18-7-3-4-8-18/h2,5-6,9-12,14,16,18,22-23H,1,3-4,7-8,13,15H2,(H,28,33)/b17-11+,21-12-/t22-,23+/m1/s1. The van der Waals surface area contributed by atoms with Crippen LogP contribution >= 0.6 is 23.2 Å².